The molecule has 4 nitrogen and oxygen atoms in total. The van der Waals surface area contributed by atoms with Gasteiger partial charge in [-0.1, -0.05) is 6.42 Å². The molecule has 1 fully saturated rings. The highest BCUT2D eigenvalue weighted by atomic mass is 15.5. The van der Waals surface area contributed by atoms with Crippen LogP contribution in [0.1, 0.15) is 38.8 Å². The minimum atomic E-state index is 0.451. The maximum absolute atomic E-state index is 8.82. The Balaban J connectivity index is 2.11. The van der Waals surface area contributed by atoms with Crippen LogP contribution in [0.25, 0.3) is 0 Å². The first-order valence-corrected chi connectivity index (χ1v) is 6.12. The lowest BCUT2D eigenvalue weighted by molar-refractivity contribution is 0.136. The van der Waals surface area contributed by atoms with E-state index in [1.165, 1.54) is 19.3 Å². The Bertz CT molecular complexity index is 414. The number of nitrogens with one attached hydrogen (secondary N) is 1. The van der Waals surface area contributed by atoms with Crippen LogP contribution in [0.15, 0.2) is 18.3 Å². The summed E-state index contributed by atoms with van der Waals surface area (Å²) < 4.78 is 0. The van der Waals surface area contributed by atoms with Crippen LogP contribution in [0, 0.1) is 11.3 Å². The number of rotatable bonds is 2. The van der Waals surface area contributed by atoms with Crippen LogP contribution >= 0.6 is 0 Å². The first-order valence-electron chi connectivity index (χ1n) is 6.12. The van der Waals surface area contributed by atoms with E-state index in [1.807, 2.05) is 6.07 Å². The zero-order chi connectivity index (χ0) is 12.3. The summed E-state index contributed by atoms with van der Waals surface area (Å²) in [6, 6.07) is 6.79. The third kappa shape index (κ3) is 2.75. The van der Waals surface area contributed by atoms with Crippen molar-refractivity contribution in [2.45, 2.75) is 45.2 Å². The van der Waals surface area contributed by atoms with Gasteiger partial charge in [0.15, 0.2) is 0 Å². The highest BCUT2D eigenvalue weighted by molar-refractivity contribution is 5.45. The topological polar surface area (TPSA) is 52.0 Å². The molecule has 90 valence electrons. The van der Waals surface area contributed by atoms with Gasteiger partial charge in [-0.15, -0.1) is 0 Å². The molecule has 1 saturated heterocycles. The number of hydrazine groups is 1. The molecule has 4 heteroatoms. The van der Waals surface area contributed by atoms with E-state index in [0.717, 1.165) is 5.69 Å². The Morgan fingerprint density at radius 1 is 1.41 bits per heavy atom. The van der Waals surface area contributed by atoms with Crippen molar-refractivity contribution in [1.29, 1.82) is 5.26 Å². The van der Waals surface area contributed by atoms with E-state index in [-0.39, 0.29) is 0 Å². The molecule has 1 aromatic rings. The molecular formula is C13H18N4. The lowest BCUT2D eigenvalue weighted by atomic mass is 10.00. The summed E-state index contributed by atoms with van der Waals surface area (Å²) in [5.41, 5.74) is 4.79. The second kappa shape index (κ2) is 5.15. The van der Waals surface area contributed by atoms with Crippen molar-refractivity contribution in [3.63, 3.8) is 0 Å². The monoisotopic (exact) mass is 230 g/mol. The maximum Gasteiger partial charge on any atom is 0.142 e. The standard InChI is InChI=1S/C13H18N4/c1-10-4-3-5-11(2)17(10)16-12-6-7-15-13(8-12)9-14/h6-8,10-11H,3-5H2,1-2H3,(H,15,16). The summed E-state index contributed by atoms with van der Waals surface area (Å²) in [5.74, 6) is 0. The fourth-order valence-electron chi connectivity index (χ4n) is 2.35. The van der Waals surface area contributed by atoms with Gasteiger partial charge in [0.25, 0.3) is 0 Å². The van der Waals surface area contributed by atoms with E-state index in [1.54, 1.807) is 12.3 Å². The minimum absolute atomic E-state index is 0.451. The summed E-state index contributed by atoms with van der Waals surface area (Å²) in [4.78, 5) is 3.97. The van der Waals surface area contributed by atoms with Crippen LogP contribution in [-0.4, -0.2) is 22.1 Å². The lowest BCUT2D eigenvalue weighted by Crippen LogP contribution is -2.47. The molecule has 1 aliphatic rings. The van der Waals surface area contributed by atoms with E-state index in [9.17, 15) is 0 Å². The highest BCUT2D eigenvalue weighted by Crippen LogP contribution is 2.23. The Kier molecular flexibility index (Phi) is 3.60. The summed E-state index contributed by atoms with van der Waals surface area (Å²) in [5, 5.41) is 11.1. The van der Waals surface area contributed by atoms with Gasteiger partial charge in [-0.3, -0.25) is 0 Å². The normalized spacial score (nSPS) is 25.2. The number of nitrogens with zero attached hydrogens (tertiary/aromatic N) is 3. The van der Waals surface area contributed by atoms with Gasteiger partial charge in [0.1, 0.15) is 11.8 Å². The highest BCUT2D eigenvalue weighted by Gasteiger charge is 2.24. The van der Waals surface area contributed by atoms with Crippen LogP contribution in [-0.2, 0) is 0 Å². The molecule has 2 rings (SSSR count). The summed E-state index contributed by atoms with van der Waals surface area (Å²) >= 11 is 0. The number of nitriles is 1. The van der Waals surface area contributed by atoms with Gasteiger partial charge < -0.3 is 5.43 Å². The summed E-state index contributed by atoms with van der Waals surface area (Å²) in [6.07, 6.45) is 5.39. The predicted molar refractivity (Wildman–Crippen MR) is 67.2 cm³/mol. The zero-order valence-corrected chi connectivity index (χ0v) is 10.3. The number of piperidine rings is 1. The molecule has 2 heterocycles. The van der Waals surface area contributed by atoms with E-state index in [4.69, 9.17) is 5.26 Å². The number of hydrogen-bond donors (Lipinski definition) is 1. The summed E-state index contributed by atoms with van der Waals surface area (Å²) in [6.45, 7) is 4.46. The van der Waals surface area contributed by atoms with Gasteiger partial charge >= 0.3 is 0 Å². The largest absolute Gasteiger partial charge is 0.318 e. The van der Waals surface area contributed by atoms with E-state index >= 15 is 0 Å². The van der Waals surface area contributed by atoms with Gasteiger partial charge in [0, 0.05) is 18.3 Å². The molecule has 0 aromatic carbocycles. The van der Waals surface area contributed by atoms with Crippen molar-refractivity contribution in [3.05, 3.63) is 24.0 Å². The van der Waals surface area contributed by atoms with Crippen LogP contribution in [0.2, 0.25) is 0 Å². The second-order valence-electron chi connectivity index (χ2n) is 4.69. The van der Waals surface area contributed by atoms with Crippen molar-refractivity contribution in [2.24, 2.45) is 0 Å². The maximum atomic E-state index is 8.82. The summed E-state index contributed by atoms with van der Waals surface area (Å²) in [7, 11) is 0. The van der Waals surface area contributed by atoms with Crippen molar-refractivity contribution in [3.8, 4) is 6.07 Å². The Morgan fingerprint density at radius 2 is 2.12 bits per heavy atom. The molecule has 0 saturated carbocycles. The van der Waals surface area contributed by atoms with Gasteiger partial charge in [-0.25, -0.2) is 9.99 Å². The lowest BCUT2D eigenvalue weighted by Gasteiger charge is -2.39. The van der Waals surface area contributed by atoms with Gasteiger partial charge in [-0.2, -0.15) is 5.26 Å². The number of aromatic nitrogens is 1. The fraction of sp³-hybridized carbons (Fsp3) is 0.538. The number of pyridine rings is 1. The zero-order valence-electron chi connectivity index (χ0n) is 10.3. The van der Waals surface area contributed by atoms with E-state index in [2.05, 4.69) is 35.3 Å². The van der Waals surface area contributed by atoms with Crippen molar-refractivity contribution in [1.82, 2.24) is 9.99 Å². The van der Waals surface area contributed by atoms with Crippen molar-refractivity contribution in [2.75, 3.05) is 5.43 Å². The van der Waals surface area contributed by atoms with Crippen LogP contribution in [0.5, 0.6) is 0 Å². The number of hydrogen-bond acceptors (Lipinski definition) is 4. The molecule has 0 spiro atoms. The SMILES string of the molecule is CC1CCCC(C)N1Nc1ccnc(C#N)c1. The molecule has 0 radical (unpaired) electrons. The fourth-order valence-corrected chi connectivity index (χ4v) is 2.35. The van der Waals surface area contributed by atoms with E-state index in [0.29, 0.717) is 17.8 Å². The molecule has 1 aliphatic heterocycles. The second-order valence-corrected chi connectivity index (χ2v) is 4.69. The molecule has 0 amide bonds. The minimum Gasteiger partial charge on any atom is -0.318 e. The molecule has 2 unspecified atom stereocenters. The Labute approximate surface area is 102 Å². The van der Waals surface area contributed by atoms with Gasteiger partial charge in [0.05, 0.1) is 5.69 Å². The van der Waals surface area contributed by atoms with Crippen LogP contribution < -0.4 is 5.43 Å². The molecule has 1 aromatic heterocycles. The molecule has 17 heavy (non-hydrogen) atoms. The average Bonchev–Trinajstić information content (AvgIpc) is 2.34. The quantitative estimate of drug-likeness (QED) is 0.848. The van der Waals surface area contributed by atoms with Crippen molar-refractivity contribution >= 4 is 5.69 Å². The Morgan fingerprint density at radius 3 is 2.76 bits per heavy atom. The van der Waals surface area contributed by atoms with Crippen LogP contribution in [0.3, 0.4) is 0 Å². The number of anilines is 1. The molecule has 0 bridgehead atoms. The molecule has 1 N–H and O–H groups in total. The van der Waals surface area contributed by atoms with E-state index < -0.39 is 0 Å². The smallest absolute Gasteiger partial charge is 0.142 e. The molecular weight excluding hydrogens is 212 g/mol. The third-order valence-corrected chi connectivity index (χ3v) is 3.33. The average molecular weight is 230 g/mol. The first-order chi connectivity index (χ1) is 8.20. The molecule has 0 aliphatic carbocycles. The van der Waals surface area contributed by atoms with Crippen molar-refractivity contribution < 1.29 is 0 Å². The van der Waals surface area contributed by atoms with Gasteiger partial charge in [0.2, 0.25) is 0 Å². The third-order valence-electron chi connectivity index (χ3n) is 3.33. The first kappa shape index (κ1) is 11.9. The predicted octanol–water partition coefficient (Wildman–Crippen LogP) is 2.54. The van der Waals surface area contributed by atoms with Gasteiger partial charge in [-0.05, 0) is 38.8 Å². The Hall–Kier alpha value is -1.60. The molecule has 2 atom stereocenters. The van der Waals surface area contributed by atoms with Crippen LogP contribution in [0.4, 0.5) is 5.69 Å².